The van der Waals surface area contributed by atoms with Crippen molar-refractivity contribution in [1.82, 2.24) is 4.90 Å². The Balaban J connectivity index is 2.27. The van der Waals surface area contributed by atoms with E-state index in [1.54, 1.807) is 7.11 Å². The fraction of sp³-hybridized carbons (Fsp3) is 0.571. The third-order valence-electron chi connectivity index (χ3n) is 3.68. The first-order chi connectivity index (χ1) is 8.26. The molecule has 0 bridgehead atoms. The van der Waals surface area contributed by atoms with Crippen molar-refractivity contribution in [1.29, 1.82) is 0 Å². The zero-order chi connectivity index (χ0) is 12.3. The molecule has 17 heavy (non-hydrogen) atoms. The van der Waals surface area contributed by atoms with Crippen LogP contribution in [-0.2, 0) is 0 Å². The molecule has 0 aromatic heterocycles. The summed E-state index contributed by atoms with van der Waals surface area (Å²) in [6.07, 6.45) is 2.27. The van der Waals surface area contributed by atoms with Gasteiger partial charge in [-0.2, -0.15) is 0 Å². The topological polar surface area (TPSA) is 32.7 Å². The predicted molar refractivity (Wildman–Crippen MR) is 68.2 cm³/mol. The predicted octanol–water partition coefficient (Wildman–Crippen LogP) is 2.07. The van der Waals surface area contributed by atoms with Crippen LogP contribution >= 0.6 is 0 Å². The van der Waals surface area contributed by atoms with Gasteiger partial charge in [0, 0.05) is 18.6 Å². The number of piperidine rings is 1. The van der Waals surface area contributed by atoms with Crippen molar-refractivity contribution in [3.8, 4) is 5.75 Å². The molecule has 1 N–H and O–H groups in total. The molecule has 0 radical (unpaired) electrons. The van der Waals surface area contributed by atoms with Gasteiger partial charge in [-0.15, -0.1) is 0 Å². The number of methoxy groups -OCH3 is 1. The standard InChI is InChI=1S/C14H21NO2/c1-15-8-4-6-12(10-16)14(15)11-5-3-7-13(9-11)17-2/h3,5,7,9,12,14,16H,4,6,8,10H2,1-2H3. The molecule has 1 heterocycles. The second kappa shape index (κ2) is 5.52. The lowest BCUT2D eigenvalue weighted by Crippen LogP contribution is -2.37. The van der Waals surface area contributed by atoms with E-state index in [9.17, 15) is 5.11 Å². The Bertz CT molecular complexity index is 367. The number of likely N-dealkylation sites (tertiary alicyclic amines) is 1. The normalized spacial score (nSPS) is 25.8. The average Bonchev–Trinajstić information content (AvgIpc) is 2.38. The van der Waals surface area contributed by atoms with E-state index in [-0.39, 0.29) is 6.61 Å². The quantitative estimate of drug-likeness (QED) is 0.870. The van der Waals surface area contributed by atoms with Crippen LogP contribution < -0.4 is 4.74 Å². The van der Waals surface area contributed by atoms with Crippen LogP contribution in [0.4, 0.5) is 0 Å². The molecule has 2 unspecified atom stereocenters. The summed E-state index contributed by atoms with van der Waals surface area (Å²) in [5.74, 6) is 1.22. The highest BCUT2D eigenvalue weighted by Crippen LogP contribution is 2.35. The molecule has 0 spiro atoms. The van der Waals surface area contributed by atoms with Crippen molar-refractivity contribution in [2.45, 2.75) is 18.9 Å². The van der Waals surface area contributed by atoms with Crippen LogP contribution in [-0.4, -0.2) is 37.3 Å². The molecule has 1 saturated heterocycles. The summed E-state index contributed by atoms with van der Waals surface area (Å²) >= 11 is 0. The van der Waals surface area contributed by atoms with Crippen molar-refractivity contribution in [3.63, 3.8) is 0 Å². The molecule has 1 aliphatic rings. The number of benzene rings is 1. The number of rotatable bonds is 3. The van der Waals surface area contributed by atoms with E-state index in [4.69, 9.17) is 4.74 Å². The van der Waals surface area contributed by atoms with Gasteiger partial charge in [-0.05, 0) is 44.1 Å². The summed E-state index contributed by atoms with van der Waals surface area (Å²) in [6.45, 7) is 1.35. The van der Waals surface area contributed by atoms with E-state index in [0.717, 1.165) is 18.7 Å². The van der Waals surface area contributed by atoms with Crippen LogP contribution in [0.5, 0.6) is 5.75 Å². The summed E-state index contributed by atoms with van der Waals surface area (Å²) in [4.78, 5) is 2.33. The van der Waals surface area contributed by atoms with Gasteiger partial charge in [-0.3, -0.25) is 4.90 Å². The molecule has 2 atom stereocenters. The van der Waals surface area contributed by atoms with Gasteiger partial charge in [-0.25, -0.2) is 0 Å². The maximum absolute atomic E-state index is 9.51. The molecule has 0 amide bonds. The van der Waals surface area contributed by atoms with Gasteiger partial charge in [0.15, 0.2) is 0 Å². The lowest BCUT2D eigenvalue weighted by atomic mass is 9.85. The van der Waals surface area contributed by atoms with Crippen molar-refractivity contribution < 1.29 is 9.84 Å². The van der Waals surface area contributed by atoms with E-state index in [1.165, 1.54) is 12.0 Å². The minimum atomic E-state index is 0.256. The minimum Gasteiger partial charge on any atom is -0.497 e. The molecule has 1 fully saturated rings. The number of aliphatic hydroxyl groups is 1. The van der Waals surface area contributed by atoms with Crippen LogP contribution in [0.25, 0.3) is 0 Å². The smallest absolute Gasteiger partial charge is 0.119 e. The van der Waals surface area contributed by atoms with Crippen molar-refractivity contribution in [3.05, 3.63) is 29.8 Å². The van der Waals surface area contributed by atoms with Crippen LogP contribution in [0.3, 0.4) is 0 Å². The summed E-state index contributed by atoms with van der Waals surface area (Å²) < 4.78 is 5.27. The molecule has 1 aliphatic heterocycles. The second-order valence-corrected chi connectivity index (χ2v) is 4.79. The zero-order valence-corrected chi connectivity index (χ0v) is 10.6. The van der Waals surface area contributed by atoms with E-state index < -0.39 is 0 Å². The molecule has 1 aromatic rings. The van der Waals surface area contributed by atoms with Crippen LogP contribution in [0.1, 0.15) is 24.4 Å². The van der Waals surface area contributed by atoms with Gasteiger partial charge >= 0.3 is 0 Å². The Morgan fingerprint density at radius 2 is 2.29 bits per heavy atom. The molecule has 0 saturated carbocycles. The Kier molecular flexibility index (Phi) is 4.02. The molecule has 3 nitrogen and oxygen atoms in total. The van der Waals surface area contributed by atoms with E-state index >= 15 is 0 Å². The highest BCUT2D eigenvalue weighted by Gasteiger charge is 2.29. The van der Waals surface area contributed by atoms with Crippen molar-refractivity contribution in [2.75, 3.05) is 27.3 Å². The third kappa shape index (κ3) is 2.61. The van der Waals surface area contributed by atoms with Gasteiger partial charge in [0.25, 0.3) is 0 Å². The SMILES string of the molecule is COc1cccc(C2C(CO)CCCN2C)c1. The van der Waals surface area contributed by atoms with Crippen molar-refractivity contribution >= 4 is 0 Å². The fourth-order valence-electron chi connectivity index (χ4n) is 2.80. The highest BCUT2D eigenvalue weighted by molar-refractivity contribution is 5.31. The summed E-state index contributed by atoms with van der Waals surface area (Å²) in [5, 5.41) is 9.51. The average molecular weight is 235 g/mol. The van der Waals surface area contributed by atoms with Gasteiger partial charge in [0.1, 0.15) is 5.75 Å². The van der Waals surface area contributed by atoms with Crippen LogP contribution in [0.2, 0.25) is 0 Å². The molecule has 0 aliphatic carbocycles. The fourth-order valence-corrected chi connectivity index (χ4v) is 2.80. The number of nitrogens with zero attached hydrogens (tertiary/aromatic N) is 1. The van der Waals surface area contributed by atoms with E-state index in [1.807, 2.05) is 12.1 Å². The Hall–Kier alpha value is -1.06. The lowest BCUT2D eigenvalue weighted by Gasteiger charge is -2.38. The summed E-state index contributed by atoms with van der Waals surface area (Å²) in [7, 11) is 3.82. The van der Waals surface area contributed by atoms with Gasteiger partial charge in [0.2, 0.25) is 0 Å². The van der Waals surface area contributed by atoms with Gasteiger partial charge in [0.05, 0.1) is 7.11 Å². The number of hydrogen-bond donors (Lipinski definition) is 1. The first-order valence-electron chi connectivity index (χ1n) is 6.21. The number of hydrogen-bond acceptors (Lipinski definition) is 3. The maximum Gasteiger partial charge on any atom is 0.119 e. The molecule has 1 aromatic carbocycles. The first-order valence-corrected chi connectivity index (χ1v) is 6.21. The monoisotopic (exact) mass is 235 g/mol. The second-order valence-electron chi connectivity index (χ2n) is 4.79. The van der Waals surface area contributed by atoms with Crippen LogP contribution in [0.15, 0.2) is 24.3 Å². The Labute approximate surface area is 103 Å². The third-order valence-corrected chi connectivity index (χ3v) is 3.68. The number of ether oxygens (including phenoxy) is 1. The minimum absolute atomic E-state index is 0.256. The van der Waals surface area contributed by atoms with Gasteiger partial charge in [-0.1, -0.05) is 12.1 Å². The highest BCUT2D eigenvalue weighted by atomic mass is 16.5. The largest absolute Gasteiger partial charge is 0.497 e. The first kappa shape index (κ1) is 12.4. The lowest BCUT2D eigenvalue weighted by molar-refractivity contribution is 0.0741. The molecular formula is C14H21NO2. The van der Waals surface area contributed by atoms with Gasteiger partial charge < -0.3 is 9.84 Å². The molecular weight excluding hydrogens is 214 g/mol. The van der Waals surface area contributed by atoms with Crippen LogP contribution in [0, 0.1) is 5.92 Å². The summed E-state index contributed by atoms with van der Waals surface area (Å²) in [6, 6.07) is 8.49. The zero-order valence-electron chi connectivity index (χ0n) is 10.6. The van der Waals surface area contributed by atoms with E-state index in [0.29, 0.717) is 12.0 Å². The maximum atomic E-state index is 9.51. The molecule has 2 rings (SSSR count). The Morgan fingerprint density at radius 1 is 1.47 bits per heavy atom. The summed E-state index contributed by atoms with van der Waals surface area (Å²) in [5.41, 5.74) is 1.24. The molecule has 3 heteroatoms. The number of aliphatic hydroxyl groups excluding tert-OH is 1. The van der Waals surface area contributed by atoms with Crippen molar-refractivity contribution in [2.24, 2.45) is 5.92 Å². The molecule has 94 valence electrons. The van der Waals surface area contributed by atoms with E-state index in [2.05, 4.69) is 24.1 Å². The Morgan fingerprint density at radius 3 is 3.00 bits per heavy atom.